The molecule has 3 nitrogen and oxygen atoms in total. The molecule has 3 rings (SSSR count). The number of halogens is 1. The van der Waals surface area contributed by atoms with Crippen molar-refractivity contribution in [3.05, 3.63) is 59.5 Å². The number of primary amides is 1. The van der Waals surface area contributed by atoms with Crippen LogP contribution in [0.4, 0.5) is 4.39 Å². The molecular weight excluding hydrogens is 267 g/mol. The number of carbonyl (C=O) groups is 1. The van der Waals surface area contributed by atoms with E-state index in [-0.39, 0.29) is 5.82 Å². The number of carbonyl (C=O) groups excluding carboxylic acids is 1. The average Bonchev–Trinajstić information content (AvgIpc) is 2.71. The zero-order valence-corrected chi connectivity index (χ0v) is 11.9. The van der Waals surface area contributed by atoms with Crippen molar-refractivity contribution in [3.8, 4) is 11.1 Å². The van der Waals surface area contributed by atoms with Crippen molar-refractivity contribution in [1.82, 2.24) is 4.57 Å². The van der Waals surface area contributed by atoms with Crippen molar-refractivity contribution < 1.29 is 9.18 Å². The lowest BCUT2D eigenvalue weighted by atomic mass is 10.0. The topological polar surface area (TPSA) is 48.0 Å². The number of benzene rings is 2. The van der Waals surface area contributed by atoms with Crippen molar-refractivity contribution in [1.29, 1.82) is 0 Å². The van der Waals surface area contributed by atoms with Crippen LogP contribution in [0, 0.1) is 12.7 Å². The first-order valence-corrected chi connectivity index (χ1v) is 6.64. The number of amides is 1. The maximum Gasteiger partial charge on any atom is 0.265 e. The molecule has 106 valence electrons. The van der Waals surface area contributed by atoms with Crippen LogP contribution >= 0.6 is 0 Å². The Morgan fingerprint density at radius 3 is 2.48 bits per heavy atom. The molecule has 1 aromatic heterocycles. The van der Waals surface area contributed by atoms with Crippen LogP contribution in [0.3, 0.4) is 0 Å². The van der Waals surface area contributed by atoms with Gasteiger partial charge in [-0.1, -0.05) is 30.3 Å². The molecule has 0 unspecified atom stereocenters. The molecule has 0 spiro atoms. The first kappa shape index (κ1) is 13.4. The molecule has 0 aliphatic heterocycles. The highest BCUT2D eigenvalue weighted by atomic mass is 19.1. The number of hydrogen-bond donors (Lipinski definition) is 1. The number of nitrogens with zero attached hydrogens (tertiary/aromatic N) is 1. The summed E-state index contributed by atoms with van der Waals surface area (Å²) in [5, 5.41) is 0.713. The molecule has 0 bridgehead atoms. The predicted octanol–water partition coefficient (Wildman–Crippen LogP) is 3.39. The van der Waals surface area contributed by atoms with E-state index in [0.29, 0.717) is 16.6 Å². The number of aromatic nitrogens is 1. The van der Waals surface area contributed by atoms with E-state index in [1.165, 1.54) is 12.1 Å². The van der Waals surface area contributed by atoms with E-state index in [1.807, 2.05) is 30.3 Å². The summed E-state index contributed by atoms with van der Waals surface area (Å²) in [5.74, 6) is -0.836. The fourth-order valence-electron chi connectivity index (χ4n) is 2.93. The highest BCUT2D eigenvalue weighted by Crippen LogP contribution is 2.34. The Bertz CT molecular complexity index is 850. The minimum absolute atomic E-state index is 0.328. The van der Waals surface area contributed by atoms with Crippen molar-refractivity contribution in [2.75, 3.05) is 0 Å². The van der Waals surface area contributed by atoms with Gasteiger partial charge in [-0.05, 0) is 30.2 Å². The quantitative estimate of drug-likeness (QED) is 0.769. The maximum absolute atomic E-state index is 14.0. The van der Waals surface area contributed by atoms with Crippen LogP contribution in [0.2, 0.25) is 0 Å². The van der Waals surface area contributed by atoms with E-state index in [4.69, 9.17) is 5.73 Å². The third-order valence-electron chi connectivity index (χ3n) is 3.82. The summed E-state index contributed by atoms with van der Waals surface area (Å²) in [6.45, 7) is 1.79. The third-order valence-corrected chi connectivity index (χ3v) is 3.82. The summed E-state index contributed by atoms with van der Waals surface area (Å²) in [6.07, 6.45) is 0. The van der Waals surface area contributed by atoms with Crippen molar-refractivity contribution in [3.63, 3.8) is 0 Å². The Balaban J connectivity index is 2.46. The van der Waals surface area contributed by atoms with E-state index in [1.54, 1.807) is 18.5 Å². The molecule has 21 heavy (non-hydrogen) atoms. The highest BCUT2D eigenvalue weighted by Gasteiger charge is 2.19. The van der Waals surface area contributed by atoms with Gasteiger partial charge in [0.1, 0.15) is 11.5 Å². The second-order valence-electron chi connectivity index (χ2n) is 5.11. The fraction of sp³-hybridized carbons (Fsp3) is 0.118. The summed E-state index contributed by atoms with van der Waals surface area (Å²) in [4.78, 5) is 11.7. The summed E-state index contributed by atoms with van der Waals surface area (Å²) >= 11 is 0. The van der Waals surface area contributed by atoms with Crippen LogP contribution in [0.1, 0.15) is 16.1 Å². The number of nitrogens with two attached hydrogens (primary N) is 1. The number of hydrogen-bond acceptors (Lipinski definition) is 1. The van der Waals surface area contributed by atoms with Crippen LogP contribution in [0.5, 0.6) is 0 Å². The predicted molar refractivity (Wildman–Crippen MR) is 81.6 cm³/mol. The van der Waals surface area contributed by atoms with Crippen LogP contribution in [0.15, 0.2) is 42.5 Å². The summed E-state index contributed by atoms with van der Waals surface area (Å²) < 4.78 is 15.7. The highest BCUT2D eigenvalue weighted by molar-refractivity contribution is 6.05. The Morgan fingerprint density at radius 1 is 1.19 bits per heavy atom. The molecular formula is C17H15FN2O. The number of aryl methyl sites for hydroxylation is 2. The molecule has 2 aromatic carbocycles. The monoisotopic (exact) mass is 282 g/mol. The lowest BCUT2D eigenvalue weighted by Gasteiger charge is -2.08. The van der Waals surface area contributed by atoms with Gasteiger partial charge in [-0.15, -0.1) is 0 Å². The molecule has 2 N–H and O–H groups in total. The van der Waals surface area contributed by atoms with E-state index >= 15 is 0 Å². The largest absolute Gasteiger partial charge is 0.364 e. The van der Waals surface area contributed by atoms with Crippen LogP contribution < -0.4 is 5.73 Å². The van der Waals surface area contributed by atoms with Gasteiger partial charge in [0.2, 0.25) is 0 Å². The molecule has 3 aromatic rings. The van der Waals surface area contributed by atoms with Crippen LogP contribution in [-0.4, -0.2) is 10.5 Å². The van der Waals surface area contributed by atoms with Crippen LogP contribution in [0.25, 0.3) is 22.0 Å². The van der Waals surface area contributed by atoms with Gasteiger partial charge >= 0.3 is 0 Å². The normalized spacial score (nSPS) is 11.0. The van der Waals surface area contributed by atoms with E-state index in [0.717, 1.165) is 16.6 Å². The van der Waals surface area contributed by atoms with Gasteiger partial charge in [0, 0.05) is 18.0 Å². The van der Waals surface area contributed by atoms with Gasteiger partial charge in [-0.3, -0.25) is 4.79 Å². The van der Waals surface area contributed by atoms with Crippen molar-refractivity contribution in [2.45, 2.75) is 6.92 Å². The van der Waals surface area contributed by atoms with Gasteiger partial charge in [0.05, 0.1) is 5.52 Å². The third kappa shape index (κ3) is 2.00. The zero-order chi connectivity index (χ0) is 15.1. The standard InChI is InChI=1S/C17H15FN2O/c1-10-13-8-12(18)9-14(11-6-4-3-5-7-11)16(13)20(2)15(10)17(19)21/h3-9H,1-2H3,(H2,19,21). The van der Waals surface area contributed by atoms with Crippen molar-refractivity contribution >= 4 is 16.8 Å². The molecule has 0 radical (unpaired) electrons. The van der Waals surface area contributed by atoms with Gasteiger partial charge in [-0.2, -0.15) is 0 Å². The van der Waals surface area contributed by atoms with Crippen LogP contribution in [-0.2, 0) is 7.05 Å². The smallest absolute Gasteiger partial charge is 0.265 e. The summed E-state index contributed by atoms with van der Waals surface area (Å²) in [5.41, 5.74) is 9.04. The zero-order valence-electron chi connectivity index (χ0n) is 11.9. The molecule has 0 saturated heterocycles. The Hall–Kier alpha value is -2.62. The second kappa shape index (κ2) is 4.74. The van der Waals surface area contributed by atoms with E-state index in [2.05, 4.69) is 0 Å². The molecule has 1 heterocycles. The molecule has 0 saturated carbocycles. The van der Waals surface area contributed by atoms with Crippen molar-refractivity contribution in [2.24, 2.45) is 12.8 Å². The van der Waals surface area contributed by atoms with Gasteiger partial charge in [0.25, 0.3) is 5.91 Å². The fourth-order valence-corrected chi connectivity index (χ4v) is 2.93. The maximum atomic E-state index is 14.0. The molecule has 0 atom stereocenters. The van der Waals surface area contributed by atoms with Gasteiger partial charge < -0.3 is 10.3 Å². The molecule has 0 aliphatic rings. The van der Waals surface area contributed by atoms with Gasteiger partial charge in [-0.25, -0.2) is 4.39 Å². The molecule has 0 fully saturated rings. The first-order valence-electron chi connectivity index (χ1n) is 6.64. The minimum Gasteiger partial charge on any atom is -0.364 e. The molecule has 4 heteroatoms. The lowest BCUT2D eigenvalue weighted by Crippen LogP contribution is -2.16. The SMILES string of the molecule is Cc1c(C(N)=O)n(C)c2c(-c3ccccc3)cc(F)cc12. The molecule has 1 amide bonds. The number of rotatable bonds is 2. The summed E-state index contributed by atoms with van der Waals surface area (Å²) in [7, 11) is 1.78. The second-order valence-corrected chi connectivity index (χ2v) is 5.11. The average molecular weight is 282 g/mol. The Kier molecular flexibility index (Phi) is 3.01. The van der Waals surface area contributed by atoms with E-state index in [9.17, 15) is 9.18 Å². The molecule has 0 aliphatic carbocycles. The Labute approximate surface area is 121 Å². The van der Waals surface area contributed by atoms with Gasteiger partial charge in [0.15, 0.2) is 0 Å². The minimum atomic E-state index is -0.509. The number of fused-ring (bicyclic) bond motifs is 1. The Morgan fingerprint density at radius 2 is 1.86 bits per heavy atom. The van der Waals surface area contributed by atoms with E-state index < -0.39 is 5.91 Å². The summed E-state index contributed by atoms with van der Waals surface area (Å²) in [6, 6.07) is 12.5. The lowest BCUT2D eigenvalue weighted by molar-refractivity contribution is 0.0992. The first-order chi connectivity index (χ1) is 10.0.